The Kier molecular flexibility index (Phi) is 3.20. The normalized spacial score (nSPS) is 17.9. The maximum absolute atomic E-state index is 5.53. The summed E-state index contributed by atoms with van der Waals surface area (Å²) in [6.45, 7) is 10.3. The van der Waals surface area contributed by atoms with Crippen molar-refractivity contribution in [3.63, 3.8) is 0 Å². The molecule has 3 heteroatoms. The van der Waals surface area contributed by atoms with E-state index in [-0.39, 0.29) is 11.0 Å². The molecular weight excluding hydrogens is 176 g/mol. The monoisotopic (exact) mass is 198 g/mol. The first-order valence-corrected chi connectivity index (χ1v) is 5.24. The third-order valence-corrected chi connectivity index (χ3v) is 2.73. The minimum atomic E-state index is 0.0308. The van der Waals surface area contributed by atoms with E-state index in [1.807, 2.05) is 7.05 Å². The lowest BCUT2D eigenvalue weighted by atomic mass is 9.80. The lowest BCUT2D eigenvalue weighted by Gasteiger charge is -2.34. The van der Waals surface area contributed by atoms with Crippen molar-refractivity contribution in [2.24, 2.45) is 10.4 Å². The molecule has 0 saturated carbocycles. The van der Waals surface area contributed by atoms with Gasteiger partial charge in [-0.15, -0.1) is 0 Å². The average Bonchev–Trinajstić information content (AvgIpc) is 2.54. The minimum Gasteiger partial charge on any atom is -0.479 e. The molecule has 14 heavy (non-hydrogen) atoms. The molecule has 0 spiro atoms. The van der Waals surface area contributed by atoms with Crippen LogP contribution in [0.3, 0.4) is 0 Å². The molecule has 0 aromatic heterocycles. The Balaban J connectivity index is 2.65. The van der Waals surface area contributed by atoms with E-state index in [1.54, 1.807) is 0 Å². The van der Waals surface area contributed by atoms with E-state index in [9.17, 15) is 0 Å². The van der Waals surface area contributed by atoms with Crippen LogP contribution in [0, 0.1) is 5.41 Å². The predicted molar refractivity (Wildman–Crippen MR) is 59.8 cm³/mol. The zero-order valence-corrected chi connectivity index (χ0v) is 9.98. The van der Waals surface area contributed by atoms with Gasteiger partial charge in [0.2, 0.25) is 0 Å². The molecule has 0 aromatic rings. The molecule has 0 unspecified atom stereocenters. The van der Waals surface area contributed by atoms with Crippen LogP contribution in [0.4, 0.5) is 0 Å². The van der Waals surface area contributed by atoms with Crippen molar-refractivity contribution < 1.29 is 4.74 Å². The molecule has 1 aliphatic heterocycles. The van der Waals surface area contributed by atoms with Crippen molar-refractivity contribution in [2.75, 3.05) is 20.2 Å². The van der Waals surface area contributed by atoms with Crippen molar-refractivity contribution in [1.82, 2.24) is 5.32 Å². The van der Waals surface area contributed by atoms with Gasteiger partial charge < -0.3 is 10.1 Å². The highest BCUT2D eigenvalue weighted by molar-refractivity contribution is 5.83. The third kappa shape index (κ3) is 2.71. The van der Waals surface area contributed by atoms with E-state index in [0.29, 0.717) is 0 Å². The third-order valence-electron chi connectivity index (χ3n) is 2.73. The standard InChI is InChI=1S/C11H22N2O/c1-10(2,8-11(3,4)12-5)9-13-6-7-14-9/h12H,6-8H2,1-5H3. The van der Waals surface area contributed by atoms with Gasteiger partial charge in [0.05, 0.1) is 6.54 Å². The summed E-state index contributed by atoms with van der Waals surface area (Å²) in [5.74, 6) is 0.917. The van der Waals surface area contributed by atoms with Crippen molar-refractivity contribution in [1.29, 1.82) is 0 Å². The Hall–Kier alpha value is -0.570. The van der Waals surface area contributed by atoms with Gasteiger partial charge in [-0.1, -0.05) is 13.8 Å². The molecule has 0 fully saturated rings. The van der Waals surface area contributed by atoms with Crippen LogP contribution in [0.5, 0.6) is 0 Å². The van der Waals surface area contributed by atoms with Crippen molar-refractivity contribution in [3.8, 4) is 0 Å². The van der Waals surface area contributed by atoms with E-state index in [2.05, 4.69) is 38.0 Å². The molecule has 0 aliphatic carbocycles. The van der Waals surface area contributed by atoms with Crippen LogP contribution in [-0.2, 0) is 4.74 Å². The molecule has 1 N–H and O–H groups in total. The van der Waals surface area contributed by atoms with Crippen LogP contribution in [-0.4, -0.2) is 31.6 Å². The maximum atomic E-state index is 5.53. The summed E-state index contributed by atoms with van der Waals surface area (Å²) < 4.78 is 5.53. The molecule has 0 amide bonds. The zero-order valence-electron chi connectivity index (χ0n) is 9.98. The molecule has 1 heterocycles. The number of nitrogens with one attached hydrogen (secondary N) is 1. The summed E-state index contributed by atoms with van der Waals surface area (Å²) in [4.78, 5) is 4.39. The number of hydrogen-bond donors (Lipinski definition) is 1. The van der Waals surface area contributed by atoms with Gasteiger partial charge in [-0.25, -0.2) is 0 Å². The summed E-state index contributed by atoms with van der Waals surface area (Å²) in [5, 5.41) is 3.31. The van der Waals surface area contributed by atoms with Gasteiger partial charge in [-0.05, 0) is 27.3 Å². The van der Waals surface area contributed by atoms with E-state index >= 15 is 0 Å². The van der Waals surface area contributed by atoms with E-state index in [0.717, 1.165) is 25.5 Å². The van der Waals surface area contributed by atoms with Crippen LogP contribution in [0.25, 0.3) is 0 Å². The first-order chi connectivity index (χ1) is 6.37. The van der Waals surface area contributed by atoms with Gasteiger partial charge in [0, 0.05) is 11.0 Å². The van der Waals surface area contributed by atoms with Gasteiger partial charge in [-0.3, -0.25) is 4.99 Å². The molecule has 82 valence electrons. The Labute approximate surface area is 86.9 Å². The lowest BCUT2D eigenvalue weighted by Crippen LogP contribution is -2.43. The molecule has 0 radical (unpaired) electrons. The Bertz CT molecular complexity index is 231. The largest absolute Gasteiger partial charge is 0.479 e. The molecular formula is C11H22N2O. The molecule has 0 bridgehead atoms. The second kappa shape index (κ2) is 3.89. The van der Waals surface area contributed by atoms with E-state index < -0.39 is 0 Å². The molecule has 0 aromatic carbocycles. The Morgan fingerprint density at radius 2 is 2.00 bits per heavy atom. The Morgan fingerprint density at radius 1 is 1.36 bits per heavy atom. The van der Waals surface area contributed by atoms with Gasteiger partial charge in [0.15, 0.2) is 5.90 Å². The molecule has 1 aliphatic rings. The lowest BCUT2D eigenvalue weighted by molar-refractivity contribution is 0.241. The fourth-order valence-electron chi connectivity index (χ4n) is 2.01. The first-order valence-electron chi connectivity index (χ1n) is 5.24. The fourth-order valence-corrected chi connectivity index (χ4v) is 2.01. The van der Waals surface area contributed by atoms with Crippen molar-refractivity contribution in [3.05, 3.63) is 0 Å². The van der Waals surface area contributed by atoms with Gasteiger partial charge in [-0.2, -0.15) is 0 Å². The predicted octanol–water partition coefficient (Wildman–Crippen LogP) is 1.83. The summed E-state index contributed by atoms with van der Waals surface area (Å²) in [6.07, 6.45) is 1.02. The van der Waals surface area contributed by atoms with Crippen LogP contribution in [0.1, 0.15) is 34.1 Å². The molecule has 1 rings (SSSR count). The highest BCUT2D eigenvalue weighted by Crippen LogP contribution is 2.31. The Morgan fingerprint density at radius 3 is 2.43 bits per heavy atom. The molecule has 0 atom stereocenters. The van der Waals surface area contributed by atoms with Crippen LogP contribution < -0.4 is 5.32 Å². The number of nitrogens with zero attached hydrogens (tertiary/aromatic N) is 1. The van der Waals surface area contributed by atoms with Gasteiger partial charge in [0.1, 0.15) is 6.61 Å². The summed E-state index contributed by atoms with van der Waals surface area (Å²) in [6, 6.07) is 0. The SMILES string of the molecule is CNC(C)(C)CC(C)(C)C1=NCCO1. The smallest absolute Gasteiger partial charge is 0.189 e. The van der Waals surface area contributed by atoms with Gasteiger partial charge >= 0.3 is 0 Å². The highest BCUT2D eigenvalue weighted by Gasteiger charge is 2.34. The number of rotatable bonds is 4. The van der Waals surface area contributed by atoms with Crippen LogP contribution in [0.15, 0.2) is 4.99 Å². The summed E-state index contributed by atoms with van der Waals surface area (Å²) >= 11 is 0. The topological polar surface area (TPSA) is 33.6 Å². The summed E-state index contributed by atoms with van der Waals surface area (Å²) in [7, 11) is 1.99. The minimum absolute atomic E-state index is 0.0308. The zero-order chi connectivity index (χ0) is 10.8. The van der Waals surface area contributed by atoms with Crippen LogP contribution >= 0.6 is 0 Å². The number of aliphatic imine (C=N–C) groups is 1. The number of ether oxygens (including phenoxy) is 1. The number of hydrogen-bond acceptors (Lipinski definition) is 3. The highest BCUT2D eigenvalue weighted by atomic mass is 16.5. The van der Waals surface area contributed by atoms with Crippen LogP contribution in [0.2, 0.25) is 0 Å². The van der Waals surface area contributed by atoms with Gasteiger partial charge in [0.25, 0.3) is 0 Å². The second-order valence-electron chi connectivity index (χ2n) is 5.23. The van der Waals surface area contributed by atoms with Crippen molar-refractivity contribution in [2.45, 2.75) is 39.7 Å². The quantitative estimate of drug-likeness (QED) is 0.747. The summed E-state index contributed by atoms with van der Waals surface area (Å²) in [5.41, 5.74) is 0.154. The first kappa shape index (κ1) is 11.5. The maximum Gasteiger partial charge on any atom is 0.189 e. The second-order valence-corrected chi connectivity index (χ2v) is 5.23. The van der Waals surface area contributed by atoms with Crippen molar-refractivity contribution >= 4 is 5.90 Å². The molecule has 0 saturated heterocycles. The molecule has 3 nitrogen and oxygen atoms in total. The van der Waals surface area contributed by atoms with E-state index in [1.165, 1.54) is 0 Å². The fraction of sp³-hybridized carbons (Fsp3) is 0.909. The van der Waals surface area contributed by atoms with E-state index in [4.69, 9.17) is 4.74 Å². The average molecular weight is 198 g/mol.